The van der Waals surface area contributed by atoms with Crippen LogP contribution in [0.4, 0.5) is 0 Å². The van der Waals surface area contributed by atoms with Crippen LogP contribution in [0, 0.1) is 0 Å². The second kappa shape index (κ2) is 5.86. The summed E-state index contributed by atoms with van der Waals surface area (Å²) in [5.41, 5.74) is 0.235. The monoisotopic (exact) mass is 314 g/mol. The van der Waals surface area contributed by atoms with Crippen LogP contribution in [0.5, 0.6) is 0 Å². The van der Waals surface area contributed by atoms with Gasteiger partial charge < -0.3 is 14.8 Å². The molecule has 0 aliphatic carbocycles. The predicted molar refractivity (Wildman–Crippen MR) is 75.2 cm³/mol. The van der Waals surface area contributed by atoms with Gasteiger partial charge in [0.25, 0.3) is 5.91 Å². The molecule has 0 aromatic carbocycles. The molecule has 0 saturated carbocycles. The highest BCUT2D eigenvalue weighted by Gasteiger charge is 2.25. The summed E-state index contributed by atoms with van der Waals surface area (Å²) in [6.07, 6.45) is 2.04. The van der Waals surface area contributed by atoms with Crippen molar-refractivity contribution in [2.45, 2.75) is 11.3 Å². The lowest BCUT2D eigenvalue weighted by Gasteiger charge is -2.19. The highest BCUT2D eigenvalue weighted by molar-refractivity contribution is 7.89. The molecule has 2 rings (SSSR count). The molecule has 2 heterocycles. The lowest BCUT2D eigenvalue weighted by atomic mass is 10.3. The Morgan fingerprint density at radius 2 is 2.14 bits per heavy atom. The molecular weight excluding hydrogens is 296 g/mol. The fourth-order valence-corrected chi connectivity index (χ4v) is 2.95. The van der Waals surface area contributed by atoms with Gasteiger partial charge in [-0.3, -0.25) is 9.59 Å². The van der Waals surface area contributed by atoms with E-state index >= 15 is 0 Å². The zero-order chi connectivity index (χ0) is 15.6. The van der Waals surface area contributed by atoms with Gasteiger partial charge in [-0.25, -0.2) is 13.1 Å². The molecule has 1 aromatic heterocycles. The molecule has 1 aromatic rings. The van der Waals surface area contributed by atoms with Gasteiger partial charge in [-0.15, -0.1) is 0 Å². The number of carbonyl (C=O) groups excluding carboxylic acids is 2. The Labute approximate surface area is 123 Å². The average molecular weight is 314 g/mol. The molecule has 9 heteroatoms. The molecule has 0 unspecified atom stereocenters. The van der Waals surface area contributed by atoms with Crippen molar-refractivity contribution in [3.8, 4) is 0 Å². The number of sulfonamides is 1. The first kappa shape index (κ1) is 15.5. The van der Waals surface area contributed by atoms with E-state index < -0.39 is 10.0 Å². The van der Waals surface area contributed by atoms with Crippen LogP contribution in [0.3, 0.4) is 0 Å². The van der Waals surface area contributed by atoms with E-state index in [4.69, 9.17) is 0 Å². The molecule has 1 aliphatic heterocycles. The number of nitrogens with one attached hydrogen (secondary N) is 2. The van der Waals surface area contributed by atoms with Crippen LogP contribution in [-0.2, 0) is 21.9 Å². The standard InChI is InChI=1S/C12H18N4O4S/c1-13-21(19,20)9-6-10(15(2)7-9)12(18)16-5-3-4-14-11(17)8-16/h6-7,13H,3-5,8H2,1-2H3,(H,14,17). The van der Waals surface area contributed by atoms with Crippen LogP contribution in [0.25, 0.3) is 0 Å². The highest BCUT2D eigenvalue weighted by Crippen LogP contribution is 2.15. The summed E-state index contributed by atoms with van der Waals surface area (Å²) in [7, 11) is -0.697. The third-order valence-corrected chi connectivity index (χ3v) is 4.71. The fraction of sp³-hybridized carbons (Fsp3) is 0.500. The molecular formula is C12H18N4O4S. The summed E-state index contributed by atoms with van der Waals surface area (Å²) < 4.78 is 27.2. The van der Waals surface area contributed by atoms with Crippen molar-refractivity contribution in [2.24, 2.45) is 7.05 Å². The summed E-state index contributed by atoms with van der Waals surface area (Å²) in [6.45, 7) is 0.976. The molecule has 2 N–H and O–H groups in total. The van der Waals surface area contributed by atoms with Crippen molar-refractivity contribution in [3.63, 3.8) is 0 Å². The van der Waals surface area contributed by atoms with Crippen molar-refractivity contribution < 1.29 is 18.0 Å². The van der Waals surface area contributed by atoms with E-state index in [1.807, 2.05) is 0 Å². The summed E-state index contributed by atoms with van der Waals surface area (Å²) in [5, 5.41) is 2.69. The van der Waals surface area contributed by atoms with Gasteiger partial charge in [-0.05, 0) is 19.5 Å². The Bertz CT molecular complexity index is 665. The molecule has 1 saturated heterocycles. The van der Waals surface area contributed by atoms with Crippen LogP contribution >= 0.6 is 0 Å². The fourth-order valence-electron chi connectivity index (χ4n) is 2.15. The minimum absolute atomic E-state index is 0.0157. The molecule has 0 bridgehead atoms. The number of hydrogen-bond acceptors (Lipinski definition) is 4. The maximum atomic E-state index is 12.5. The van der Waals surface area contributed by atoms with E-state index in [-0.39, 0.29) is 28.9 Å². The summed E-state index contributed by atoms with van der Waals surface area (Å²) in [4.78, 5) is 25.4. The molecule has 0 radical (unpaired) electrons. The Morgan fingerprint density at radius 1 is 1.43 bits per heavy atom. The van der Waals surface area contributed by atoms with Crippen LogP contribution in [-0.4, -0.2) is 56.4 Å². The number of aryl methyl sites for hydroxylation is 1. The lowest BCUT2D eigenvalue weighted by Crippen LogP contribution is -2.38. The van der Waals surface area contributed by atoms with Gasteiger partial charge in [-0.2, -0.15) is 0 Å². The van der Waals surface area contributed by atoms with Crippen molar-refractivity contribution in [2.75, 3.05) is 26.7 Å². The lowest BCUT2D eigenvalue weighted by molar-refractivity contribution is -0.121. The molecule has 116 valence electrons. The molecule has 1 aliphatic rings. The van der Waals surface area contributed by atoms with Crippen LogP contribution in [0.15, 0.2) is 17.2 Å². The minimum Gasteiger partial charge on any atom is -0.354 e. The minimum atomic E-state index is -3.60. The maximum absolute atomic E-state index is 12.5. The van der Waals surface area contributed by atoms with Crippen molar-refractivity contribution in [1.29, 1.82) is 0 Å². The zero-order valence-corrected chi connectivity index (χ0v) is 12.7. The third-order valence-electron chi connectivity index (χ3n) is 3.33. The molecule has 2 amide bonds. The van der Waals surface area contributed by atoms with Gasteiger partial charge in [0.1, 0.15) is 10.6 Å². The number of aromatic nitrogens is 1. The van der Waals surface area contributed by atoms with Crippen LogP contribution in [0.1, 0.15) is 16.9 Å². The summed E-state index contributed by atoms with van der Waals surface area (Å²) >= 11 is 0. The first-order chi connectivity index (χ1) is 9.85. The van der Waals surface area contributed by atoms with Crippen LogP contribution in [0.2, 0.25) is 0 Å². The predicted octanol–water partition coefficient (Wildman–Crippen LogP) is -1.10. The van der Waals surface area contributed by atoms with Gasteiger partial charge >= 0.3 is 0 Å². The molecule has 1 fully saturated rings. The number of amides is 2. The van der Waals surface area contributed by atoms with Crippen molar-refractivity contribution >= 4 is 21.8 Å². The van der Waals surface area contributed by atoms with Crippen molar-refractivity contribution in [3.05, 3.63) is 18.0 Å². The SMILES string of the molecule is CNS(=O)(=O)c1cc(C(=O)N2CCCNC(=O)C2)n(C)c1. The van der Waals surface area contributed by atoms with Gasteiger partial charge in [0, 0.05) is 26.3 Å². The van der Waals surface area contributed by atoms with Gasteiger partial charge in [0.2, 0.25) is 15.9 Å². The Kier molecular flexibility index (Phi) is 4.33. The van der Waals surface area contributed by atoms with Gasteiger partial charge in [0.15, 0.2) is 0 Å². The van der Waals surface area contributed by atoms with Gasteiger partial charge in [-0.1, -0.05) is 0 Å². The molecule has 8 nitrogen and oxygen atoms in total. The van der Waals surface area contributed by atoms with E-state index in [0.29, 0.717) is 19.5 Å². The molecule has 0 spiro atoms. The van der Waals surface area contributed by atoms with E-state index in [1.54, 1.807) is 7.05 Å². The topological polar surface area (TPSA) is 101 Å². The van der Waals surface area contributed by atoms with E-state index in [1.165, 1.54) is 28.8 Å². The maximum Gasteiger partial charge on any atom is 0.270 e. The second-order valence-corrected chi connectivity index (χ2v) is 6.70. The number of nitrogens with zero attached hydrogens (tertiary/aromatic N) is 2. The normalized spacial score (nSPS) is 16.5. The molecule has 21 heavy (non-hydrogen) atoms. The number of carbonyl (C=O) groups is 2. The first-order valence-corrected chi connectivity index (χ1v) is 7.99. The van der Waals surface area contributed by atoms with Crippen LogP contribution < -0.4 is 10.0 Å². The van der Waals surface area contributed by atoms with Gasteiger partial charge in [0.05, 0.1) is 6.54 Å². The number of rotatable bonds is 3. The largest absolute Gasteiger partial charge is 0.354 e. The van der Waals surface area contributed by atoms with E-state index in [9.17, 15) is 18.0 Å². The first-order valence-electron chi connectivity index (χ1n) is 6.51. The quantitative estimate of drug-likeness (QED) is 0.739. The third kappa shape index (κ3) is 3.24. The Balaban J connectivity index is 2.29. The van der Waals surface area contributed by atoms with Crippen molar-refractivity contribution in [1.82, 2.24) is 19.5 Å². The zero-order valence-electron chi connectivity index (χ0n) is 11.9. The average Bonchev–Trinajstić information content (AvgIpc) is 2.70. The number of hydrogen-bond donors (Lipinski definition) is 2. The second-order valence-electron chi connectivity index (χ2n) is 4.81. The molecule has 0 atom stereocenters. The van der Waals surface area contributed by atoms with E-state index in [0.717, 1.165) is 0 Å². The summed E-state index contributed by atoms with van der Waals surface area (Å²) in [5.74, 6) is -0.565. The highest BCUT2D eigenvalue weighted by atomic mass is 32.2. The smallest absolute Gasteiger partial charge is 0.270 e. The Morgan fingerprint density at radius 3 is 2.81 bits per heavy atom. The van der Waals surface area contributed by atoms with E-state index in [2.05, 4.69) is 10.0 Å². The summed E-state index contributed by atoms with van der Waals surface area (Å²) in [6, 6.07) is 1.32. The Hall–Kier alpha value is -1.87.